The maximum atomic E-state index is 13.2. The van der Waals surface area contributed by atoms with Crippen LogP contribution in [0.4, 0.5) is 0 Å². The van der Waals surface area contributed by atoms with Crippen LogP contribution in [0.5, 0.6) is 11.5 Å². The summed E-state index contributed by atoms with van der Waals surface area (Å²) in [6, 6.07) is 12.2. The molecule has 30 heavy (non-hydrogen) atoms. The predicted molar refractivity (Wildman–Crippen MR) is 129 cm³/mol. The average molecular weight is 694 g/mol. The summed E-state index contributed by atoms with van der Waals surface area (Å²) in [6.45, 7) is 0. The van der Waals surface area contributed by atoms with Crippen molar-refractivity contribution < 1.29 is 22.8 Å². The second-order valence-corrected chi connectivity index (χ2v) is 10.9. The van der Waals surface area contributed by atoms with Gasteiger partial charge < -0.3 is 10.2 Å². The van der Waals surface area contributed by atoms with Crippen molar-refractivity contribution in [2.75, 3.05) is 0 Å². The van der Waals surface area contributed by atoms with Gasteiger partial charge in [0.1, 0.15) is 16.4 Å². The molecule has 0 aliphatic carbocycles. The van der Waals surface area contributed by atoms with Crippen molar-refractivity contribution in [2.45, 2.75) is 10.5 Å². The van der Waals surface area contributed by atoms with E-state index in [4.69, 9.17) is 4.18 Å². The van der Waals surface area contributed by atoms with Crippen molar-refractivity contribution in [1.82, 2.24) is 0 Å². The van der Waals surface area contributed by atoms with Crippen LogP contribution in [0, 0.1) is 0 Å². The molecule has 2 N–H and O–H groups in total. The monoisotopic (exact) mass is 690 g/mol. The summed E-state index contributed by atoms with van der Waals surface area (Å²) in [6.07, 6.45) is 0. The molecule has 3 aromatic rings. The molecule has 3 aromatic carbocycles. The van der Waals surface area contributed by atoms with E-state index in [1.165, 1.54) is 24.3 Å². The number of fused-ring (bicyclic) bond motifs is 1. The number of halogens is 4. The molecular formula is C19H11Br4NaO5S. The van der Waals surface area contributed by atoms with Gasteiger partial charge in [-0.05, 0) is 99.1 Å². The summed E-state index contributed by atoms with van der Waals surface area (Å²) in [5.41, 5.74) is -0.189. The number of benzene rings is 3. The number of hydrogen-bond donors (Lipinski definition) is 2. The van der Waals surface area contributed by atoms with E-state index in [2.05, 4.69) is 63.7 Å². The Morgan fingerprint density at radius 1 is 0.700 bits per heavy atom. The van der Waals surface area contributed by atoms with Gasteiger partial charge in [0.2, 0.25) is 0 Å². The van der Waals surface area contributed by atoms with E-state index >= 15 is 0 Å². The Morgan fingerprint density at radius 2 is 1.10 bits per heavy atom. The minimum absolute atomic E-state index is 0. The van der Waals surface area contributed by atoms with Gasteiger partial charge in [-0.15, -0.1) is 0 Å². The third-order valence-electron chi connectivity index (χ3n) is 4.61. The second kappa shape index (κ2) is 8.79. The minimum atomic E-state index is -4.17. The molecule has 1 heterocycles. The third-order valence-corrected chi connectivity index (χ3v) is 11.0. The molecule has 0 saturated carbocycles. The van der Waals surface area contributed by atoms with Gasteiger partial charge in [0.05, 0.1) is 4.47 Å². The first kappa shape index (κ1) is 24.7. The first-order valence-electron chi connectivity index (χ1n) is 8.00. The molecule has 1 aliphatic heterocycles. The Kier molecular flexibility index (Phi) is 7.25. The molecule has 0 aromatic heterocycles. The zero-order valence-electron chi connectivity index (χ0n) is 14.2. The SMILES string of the molecule is O=S1(=O)OC(c2ccc(O)cc2)(c2ccc(O)cc2)c2c(Br)c(Br)c(Br)c(Br)c21.[NaH]. The number of phenolic OH excluding ortho intramolecular Hbond substituents is 2. The Balaban J connectivity index is 0.00000256. The number of rotatable bonds is 2. The van der Waals surface area contributed by atoms with Crippen LogP contribution in [0.3, 0.4) is 0 Å². The van der Waals surface area contributed by atoms with Crippen LogP contribution in [-0.2, 0) is 19.9 Å². The maximum absolute atomic E-state index is 13.2. The first-order valence-corrected chi connectivity index (χ1v) is 12.6. The van der Waals surface area contributed by atoms with Crippen LogP contribution in [-0.4, -0.2) is 48.2 Å². The third kappa shape index (κ3) is 3.76. The molecule has 0 amide bonds. The van der Waals surface area contributed by atoms with Gasteiger partial charge in [-0.25, -0.2) is 4.18 Å². The molecular weight excluding hydrogens is 683 g/mol. The van der Waals surface area contributed by atoms with Gasteiger partial charge in [-0.1, -0.05) is 24.3 Å². The van der Waals surface area contributed by atoms with Crippen LogP contribution in [0.2, 0.25) is 0 Å². The second-order valence-electron chi connectivity index (χ2n) is 6.27. The summed E-state index contributed by atoms with van der Waals surface area (Å²) in [5.74, 6) is 0.0702. The van der Waals surface area contributed by atoms with E-state index in [1.807, 2.05) is 0 Å². The van der Waals surface area contributed by atoms with E-state index in [0.29, 0.717) is 34.6 Å². The fourth-order valence-electron chi connectivity index (χ4n) is 3.35. The molecule has 4 rings (SSSR count). The van der Waals surface area contributed by atoms with Gasteiger partial charge in [0.15, 0.2) is 5.60 Å². The van der Waals surface area contributed by atoms with Crippen molar-refractivity contribution in [3.63, 3.8) is 0 Å². The number of phenols is 2. The van der Waals surface area contributed by atoms with Crippen LogP contribution < -0.4 is 0 Å². The summed E-state index contributed by atoms with van der Waals surface area (Å²) in [4.78, 5) is -0.0133. The fourth-order valence-corrected chi connectivity index (χ4v) is 8.11. The summed E-state index contributed by atoms with van der Waals surface area (Å²) < 4.78 is 34.1. The van der Waals surface area contributed by atoms with E-state index in [9.17, 15) is 18.6 Å². The Labute approximate surface area is 228 Å². The first-order chi connectivity index (χ1) is 13.6. The zero-order chi connectivity index (χ0) is 21.1. The molecule has 0 saturated heterocycles. The van der Waals surface area contributed by atoms with E-state index in [-0.39, 0.29) is 46.0 Å². The van der Waals surface area contributed by atoms with E-state index in [0.717, 1.165) is 0 Å². The van der Waals surface area contributed by atoms with Crippen molar-refractivity contribution in [3.05, 3.63) is 83.1 Å². The number of hydrogen-bond acceptors (Lipinski definition) is 5. The summed E-state index contributed by atoms with van der Waals surface area (Å²) in [5, 5.41) is 19.5. The molecule has 11 heteroatoms. The molecule has 0 unspecified atom stereocenters. The quantitative estimate of drug-likeness (QED) is 0.160. The average Bonchev–Trinajstić information content (AvgIpc) is 2.94. The summed E-state index contributed by atoms with van der Waals surface area (Å²) >= 11 is 13.8. The molecule has 1 aliphatic rings. The van der Waals surface area contributed by atoms with Gasteiger partial charge >= 0.3 is 29.6 Å². The van der Waals surface area contributed by atoms with Crippen molar-refractivity contribution in [3.8, 4) is 11.5 Å². The van der Waals surface area contributed by atoms with E-state index in [1.54, 1.807) is 24.3 Å². The van der Waals surface area contributed by atoms with Gasteiger partial charge in [0, 0.05) is 19.0 Å². The standard InChI is InChI=1S/C19H10Br4O5S.Na.H/c20-14-13-18(17(23)16(22)15(14)21)29(26,27)28-19(13,9-1-5-11(24)6-2-9)10-3-7-12(25)8-4-10;;/h1-8,24-25H;;. The zero-order valence-corrected chi connectivity index (χ0v) is 21.3. The molecule has 0 spiro atoms. The summed E-state index contributed by atoms with van der Waals surface area (Å²) in [7, 11) is -4.17. The Bertz CT molecular complexity index is 1200. The molecule has 5 nitrogen and oxygen atoms in total. The van der Waals surface area contributed by atoms with Crippen LogP contribution in [0.25, 0.3) is 0 Å². The normalized spacial score (nSPS) is 16.0. The molecule has 0 bridgehead atoms. The van der Waals surface area contributed by atoms with Gasteiger partial charge in [-0.3, -0.25) is 0 Å². The molecule has 152 valence electrons. The fraction of sp³-hybridized carbons (Fsp3) is 0.0526. The van der Waals surface area contributed by atoms with Crippen LogP contribution in [0.15, 0.2) is 71.3 Å². The molecule has 0 atom stereocenters. The predicted octanol–water partition coefficient (Wildman–Crippen LogP) is 5.51. The molecule has 0 radical (unpaired) electrons. The van der Waals surface area contributed by atoms with Gasteiger partial charge in [0.25, 0.3) is 10.1 Å². The van der Waals surface area contributed by atoms with Gasteiger partial charge in [-0.2, -0.15) is 8.42 Å². The van der Waals surface area contributed by atoms with Crippen LogP contribution >= 0.6 is 63.7 Å². The molecule has 0 fully saturated rings. The van der Waals surface area contributed by atoms with Crippen molar-refractivity contribution in [1.29, 1.82) is 0 Å². The number of aromatic hydroxyl groups is 2. The van der Waals surface area contributed by atoms with Crippen molar-refractivity contribution >= 4 is 103 Å². The van der Waals surface area contributed by atoms with E-state index < -0.39 is 15.7 Å². The Morgan fingerprint density at radius 3 is 1.53 bits per heavy atom. The van der Waals surface area contributed by atoms with Crippen LogP contribution in [0.1, 0.15) is 16.7 Å². The topological polar surface area (TPSA) is 83.8 Å². The Hall–Kier alpha value is 0.0900. The van der Waals surface area contributed by atoms with Crippen molar-refractivity contribution in [2.24, 2.45) is 0 Å².